The van der Waals surface area contributed by atoms with Gasteiger partial charge in [0.15, 0.2) is 5.82 Å². The molecular formula is C22H20N4O2. The van der Waals surface area contributed by atoms with Crippen molar-refractivity contribution in [3.05, 3.63) is 84.1 Å². The van der Waals surface area contributed by atoms with Crippen molar-refractivity contribution >= 4 is 29.0 Å². The number of aromatic nitrogens is 1. The second-order valence-corrected chi connectivity index (χ2v) is 6.49. The van der Waals surface area contributed by atoms with Crippen LogP contribution in [0, 0.1) is 0 Å². The quantitative estimate of drug-likeness (QED) is 0.673. The number of nitrogens with one attached hydrogen (secondary N) is 2. The first-order valence-electron chi connectivity index (χ1n) is 9.17. The molecule has 28 heavy (non-hydrogen) atoms. The van der Waals surface area contributed by atoms with E-state index in [0.717, 1.165) is 5.56 Å². The van der Waals surface area contributed by atoms with Gasteiger partial charge in [-0.15, -0.1) is 0 Å². The molecule has 0 saturated carbocycles. The third-order valence-corrected chi connectivity index (χ3v) is 4.57. The van der Waals surface area contributed by atoms with E-state index in [0.29, 0.717) is 35.8 Å². The molecule has 0 unspecified atom stereocenters. The predicted octanol–water partition coefficient (Wildman–Crippen LogP) is 3.49. The summed E-state index contributed by atoms with van der Waals surface area (Å²) >= 11 is 0. The molecule has 3 aromatic rings. The number of hydrogen-bond donors (Lipinski definition) is 2. The van der Waals surface area contributed by atoms with Gasteiger partial charge in [-0.2, -0.15) is 0 Å². The number of para-hydroxylation sites is 1. The van der Waals surface area contributed by atoms with Gasteiger partial charge in [-0.25, -0.2) is 4.98 Å². The van der Waals surface area contributed by atoms with Crippen molar-refractivity contribution in [2.24, 2.45) is 0 Å². The molecule has 0 fully saturated rings. The molecule has 2 aromatic carbocycles. The van der Waals surface area contributed by atoms with E-state index in [1.165, 1.54) is 4.90 Å². The fourth-order valence-corrected chi connectivity index (χ4v) is 3.23. The Kier molecular flexibility index (Phi) is 5.12. The Morgan fingerprint density at radius 3 is 2.64 bits per heavy atom. The van der Waals surface area contributed by atoms with Crippen LogP contribution in [0.5, 0.6) is 0 Å². The van der Waals surface area contributed by atoms with Gasteiger partial charge in [0.05, 0.1) is 16.9 Å². The fraction of sp³-hybridized carbons (Fsp3) is 0.136. The second kappa shape index (κ2) is 8.02. The molecular weight excluding hydrogens is 352 g/mol. The highest BCUT2D eigenvalue weighted by Gasteiger charge is 2.29. The average molecular weight is 372 g/mol. The number of pyridine rings is 1. The van der Waals surface area contributed by atoms with E-state index in [9.17, 15) is 9.59 Å². The van der Waals surface area contributed by atoms with Gasteiger partial charge in [0.2, 0.25) is 5.91 Å². The van der Waals surface area contributed by atoms with Crippen LogP contribution in [0.25, 0.3) is 0 Å². The third-order valence-electron chi connectivity index (χ3n) is 4.57. The van der Waals surface area contributed by atoms with Crippen LogP contribution in [0.15, 0.2) is 72.9 Å². The van der Waals surface area contributed by atoms with Crippen molar-refractivity contribution in [2.75, 3.05) is 16.8 Å². The van der Waals surface area contributed by atoms with Crippen molar-refractivity contribution in [2.45, 2.75) is 13.0 Å². The van der Waals surface area contributed by atoms with Crippen molar-refractivity contribution in [1.29, 1.82) is 0 Å². The number of amides is 2. The molecule has 140 valence electrons. The largest absolute Gasteiger partial charge is 0.319 e. The SMILES string of the molecule is O=C1Nc2cccnc2N(C(=O)CCNCc2ccccc2)c2ccccc21. The summed E-state index contributed by atoms with van der Waals surface area (Å²) in [5, 5.41) is 6.13. The van der Waals surface area contributed by atoms with E-state index in [-0.39, 0.29) is 18.2 Å². The molecule has 0 atom stereocenters. The van der Waals surface area contributed by atoms with E-state index in [1.54, 1.807) is 36.5 Å². The van der Waals surface area contributed by atoms with Crippen LogP contribution in [-0.2, 0) is 11.3 Å². The molecule has 0 spiro atoms. The number of nitrogens with zero attached hydrogens (tertiary/aromatic N) is 2. The molecule has 0 aliphatic carbocycles. The van der Waals surface area contributed by atoms with Gasteiger partial charge in [-0.1, -0.05) is 42.5 Å². The highest BCUT2D eigenvalue weighted by atomic mass is 16.2. The minimum absolute atomic E-state index is 0.121. The zero-order valence-corrected chi connectivity index (χ0v) is 15.3. The van der Waals surface area contributed by atoms with Crippen LogP contribution in [-0.4, -0.2) is 23.3 Å². The molecule has 4 rings (SSSR count). The highest BCUT2D eigenvalue weighted by molar-refractivity contribution is 6.17. The summed E-state index contributed by atoms with van der Waals surface area (Å²) in [7, 11) is 0. The first-order chi connectivity index (χ1) is 13.7. The van der Waals surface area contributed by atoms with Gasteiger partial charge in [0.1, 0.15) is 0 Å². The van der Waals surface area contributed by atoms with Gasteiger partial charge < -0.3 is 10.6 Å². The Morgan fingerprint density at radius 1 is 1.00 bits per heavy atom. The van der Waals surface area contributed by atoms with E-state index in [4.69, 9.17) is 0 Å². The first-order valence-corrected chi connectivity index (χ1v) is 9.17. The number of carbonyl (C=O) groups is 2. The smallest absolute Gasteiger partial charge is 0.257 e. The van der Waals surface area contributed by atoms with Gasteiger partial charge in [-0.3, -0.25) is 14.5 Å². The maximum Gasteiger partial charge on any atom is 0.257 e. The van der Waals surface area contributed by atoms with Crippen LogP contribution in [0.1, 0.15) is 22.3 Å². The highest BCUT2D eigenvalue weighted by Crippen LogP contribution is 2.36. The van der Waals surface area contributed by atoms with Gasteiger partial charge in [0, 0.05) is 25.7 Å². The van der Waals surface area contributed by atoms with Gasteiger partial charge in [-0.05, 0) is 29.8 Å². The molecule has 0 bridgehead atoms. The lowest BCUT2D eigenvalue weighted by molar-refractivity contribution is -0.117. The standard InChI is InChI=1S/C22H20N4O2/c27-20(12-14-23-15-16-7-2-1-3-8-16)26-19-11-5-4-9-17(19)22(28)25-18-10-6-13-24-21(18)26/h1-11,13,23H,12,14-15H2,(H,25,28). The molecule has 0 saturated heterocycles. The number of rotatable bonds is 5. The zero-order chi connectivity index (χ0) is 19.3. The molecule has 2 N–H and O–H groups in total. The molecule has 6 nitrogen and oxygen atoms in total. The molecule has 2 heterocycles. The summed E-state index contributed by atoms with van der Waals surface area (Å²) in [6.07, 6.45) is 1.90. The van der Waals surface area contributed by atoms with Crippen LogP contribution < -0.4 is 15.5 Å². The lowest BCUT2D eigenvalue weighted by atomic mass is 10.1. The first kappa shape index (κ1) is 17.9. The van der Waals surface area contributed by atoms with E-state index in [2.05, 4.69) is 15.6 Å². The average Bonchev–Trinajstić information content (AvgIpc) is 2.86. The summed E-state index contributed by atoms with van der Waals surface area (Å²) in [5.41, 5.74) is 2.68. The summed E-state index contributed by atoms with van der Waals surface area (Å²) in [5.74, 6) is 0.0701. The number of carbonyl (C=O) groups excluding carboxylic acids is 2. The Hall–Kier alpha value is -3.51. The monoisotopic (exact) mass is 372 g/mol. The lowest BCUT2D eigenvalue weighted by Gasteiger charge is -2.22. The molecule has 6 heteroatoms. The van der Waals surface area contributed by atoms with Gasteiger partial charge >= 0.3 is 0 Å². The van der Waals surface area contributed by atoms with E-state index >= 15 is 0 Å². The molecule has 1 aromatic heterocycles. The maximum atomic E-state index is 13.1. The van der Waals surface area contributed by atoms with Crippen molar-refractivity contribution in [1.82, 2.24) is 10.3 Å². The maximum absolute atomic E-state index is 13.1. The number of benzene rings is 2. The minimum atomic E-state index is -0.248. The minimum Gasteiger partial charge on any atom is -0.319 e. The van der Waals surface area contributed by atoms with Gasteiger partial charge in [0.25, 0.3) is 5.91 Å². The summed E-state index contributed by atoms with van der Waals surface area (Å²) in [6.45, 7) is 1.22. The molecule has 1 aliphatic heterocycles. The Bertz CT molecular complexity index is 1000. The Labute approximate surface area is 163 Å². The predicted molar refractivity (Wildman–Crippen MR) is 109 cm³/mol. The second-order valence-electron chi connectivity index (χ2n) is 6.49. The topological polar surface area (TPSA) is 74.3 Å². The van der Waals surface area contributed by atoms with E-state index < -0.39 is 0 Å². The van der Waals surface area contributed by atoms with Crippen LogP contribution in [0.3, 0.4) is 0 Å². The van der Waals surface area contributed by atoms with Crippen LogP contribution in [0.4, 0.5) is 17.2 Å². The molecule has 2 amide bonds. The molecule has 0 radical (unpaired) electrons. The van der Waals surface area contributed by atoms with Crippen molar-refractivity contribution in [3.8, 4) is 0 Å². The van der Waals surface area contributed by atoms with Crippen molar-refractivity contribution < 1.29 is 9.59 Å². The molecule has 1 aliphatic rings. The van der Waals surface area contributed by atoms with Crippen LogP contribution in [0.2, 0.25) is 0 Å². The Morgan fingerprint density at radius 2 is 1.79 bits per heavy atom. The lowest BCUT2D eigenvalue weighted by Crippen LogP contribution is -2.30. The normalized spacial score (nSPS) is 12.6. The third kappa shape index (κ3) is 3.63. The summed E-state index contributed by atoms with van der Waals surface area (Å²) < 4.78 is 0. The zero-order valence-electron chi connectivity index (χ0n) is 15.3. The summed E-state index contributed by atoms with van der Waals surface area (Å²) in [6, 6.07) is 20.6. The number of anilines is 3. The number of hydrogen-bond acceptors (Lipinski definition) is 4. The Balaban J connectivity index is 1.55. The number of fused-ring (bicyclic) bond motifs is 2. The van der Waals surface area contributed by atoms with Crippen molar-refractivity contribution in [3.63, 3.8) is 0 Å². The van der Waals surface area contributed by atoms with E-state index in [1.807, 2.05) is 36.4 Å². The van der Waals surface area contributed by atoms with Crippen LogP contribution >= 0.6 is 0 Å². The fourth-order valence-electron chi connectivity index (χ4n) is 3.23. The summed E-state index contributed by atoms with van der Waals surface area (Å²) in [4.78, 5) is 31.6.